The van der Waals surface area contributed by atoms with Crippen molar-refractivity contribution in [2.45, 2.75) is 379 Å². The number of aliphatic hydroxyl groups is 2. The number of hydrogen-bond donors (Lipinski definition) is 3. The molecule has 0 rings (SSSR count). The van der Waals surface area contributed by atoms with Gasteiger partial charge in [0, 0.05) is 12.8 Å². The summed E-state index contributed by atoms with van der Waals surface area (Å²) in [6, 6.07) is -0.537. The fraction of sp³-hybridized carbons (Fsp3) is 0.938. The van der Waals surface area contributed by atoms with Crippen LogP contribution in [0.2, 0.25) is 0 Å². The van der Waals surface area contributed by atoms with Crippen LogP contribution in [0.5, 0.6) is 0 Å². The van der Waals surface area contributed by atoms with Crippen molar-refractivity contribution in [3.05, 3.63) is 12.2 Å². The minimum absolute atomic E-state index is 0.0153. The molecule has 0 aliphatic rings. The maximum absolute atomic E-state index is 12.4. The Morgan fingerprint density at radius 2 is 0.662 bits per heavy atom. The predicted octanol–water partition coefficient (Wildman–Crippen LogP) is 20.4. The van der Waals surface area contributed by atoms with Crippen LogP contribution in [0.4, 0.5) is 0 Å². The van der Waals surface area contributed by atoms with Crippen molar-refractivity contribution in [1.82, 2.24) is 5.32 Å². The van der Waals surface area contributed by atoms with Gasteiger partial charge >= 0.3 is 5.97 Å². The number of carbonyl (C=O) groups is 2. The van der Waals surface area contributed by atoms with Crippen LogP contribution >= 0.6 is 0 Å². The minimum Gasteiger partial charge on any atom is -0.466 e. The highest BCUT2D eigenvalue weighted by molar-refractivity contribution is 5.76. The van der Waals surface area contributed by atoms with Gasteiger partial charge in [0.2, 0.25) is 5.91 Å². The number of hydrogen-bond acceptors (Lipinski definition) is 5. The molecule has 0 saturated heterocycles. The lowest BCUT2D eigenvalue weighted by Crippen LogP contribution is -2.45. The van der Waals surface area contributed by atoms with E-state index in [1.165, 1.54) is 289 Å². The van der Waals surface area contributed by atoms with Gasteiger partial charge in [-0.05, 0) is 51.4 Å². The Balaban J connectivity index is 3.31. The summed E-state index contributed by atoms with van der Waals surface area (Å²) in [5.74, 6) is -0.0168. The standard InChI is InChI=1S/C65H127NO5/c1-3-5-7-9-11-13-15-16-17-29-33-36-39-43-47-51-55-59-65(70)71-60-56-52-48-44-40-37-34-31-28-26-24-22-20-18-19-21-23-25-27-30-32-35-38-42-46-50-54-58-64(69)66-62(61-67)63(68)57-53-49-45-41-14-12-10-8-6-4-2/h16-17,62-63,67-68H,3-15,18-61H2,1-2H3,(H,66,69)/b17-16-. The first-order valence-electron chi connectivity index (χ1n) is 32.4. The first kappa shape index (κ1) is 69.6. The van der Waals surface area contributed by atoms with Crippen molar-refractivity contribution in [1.29, 1.82) is 0 Å². The average Bonchev–Trinajstić information content (AvgIpc) is 3.37. The molecule has 6 nitrogen and oxygen atoms in total. The lowest BCUT2D eigenvalue weighted by molar-refractivity contribution is -0.143. The van der Waals surface area contributed by atoms with Gasteiger partial charge in [-0.25, -0.2) is 0 Å². The molecule has 1 amide bonds. The normalized spacial score (nSPS) is 12.6. The number of unbranched alkanes of at least 4 members (excludes halogenated alkanes) is 48. The first-order chi connectivity index (χ1) is 35.0. The van der Waals surface area contributed by atoms with Crippen molar-refractivity contribution in [3.63, 3.8) is 0 Å². The van der Waals surface area contributed by atoms with Crippen LogP contribution in [0, 0.1) is 0 Å². The summed E-state index contributed by atoms with van der Waals surface area (Å²) in [7, 11) is 0. The molecule has 0 aromatic heterocycles. The molecule has 0 aromatic carbocycles. The number of allylic oxidation sites excluding steroid dienone is 2. The molecule has 2 unspecified atom stereocenters. The molecule has 0 bridgehead atoms. The summed E-state index contributed by atoms with van der Waals surface area (Å²) in [6.45, 7) is 4.96. The summed E-state index contributed by atoms with van der Waals surface area (Å²) in [4.78, 5) is 24.5. The molecule has 0 aliphatic heterocycles. The molecular weight excluding hydrogens is 875 g/mol. The van der Waals surface area contributed by atoms with Crippen molar-refractivity contribution in [2.24, 2.45) is 0 Å². The lowest BCUT2D eigenvalue weighted by Gasteiger charge is -2.22. The number of carbonyl (C=O) groups excluding carboxylic acids is 2. The Morgan fingerprint density at radius 3 is 1.00 bits per heavy atom. The third-order valence-electron chi connectivity index (χ3n) is 15.3. The average molecular weight is 1000 g/mol. The molecule has 0 saturated carbocycles. The minimum atomic E-state index is -0.659. The zero-order valence-corrected chi connectivity index (χ0v) is 48.2. The van der Waals surface area contributed by atoms with E-state index in [2.05, 4.69) is 31.3 Å². The maximum Gasteiger partial charge on any atom is 0.305 e. The number of aliphatic hydroxyl groups excluding tert-OH is 2. The Bertz CT molecular complexity index is 1060. The van der Waals surface area contributed by atoms with Gasteiger partial charge in [0.25, 0.3) is 0 Å². The Labute approximate surface area is 444 Å². The fourth-order valence-corrected chi connectivity index (χ4v) is 10.3. The van der Waals surface area contributed by atoms with Crippen LogP contribution in [0.15, 0.2) is 12.2 Å². The number of amides is 1. The Kier molecular flexibility index (Phi) is 59.9. The monoisotopic (exact) mass is 1000 g/mol. The summed E-state index contributed by atoms with van der Waals surface area (Å²) in [5.41, 5.74) is 0. The number of nitrogens with one attached hydrogen (secondary N) is 1. The van der Waals surface area contributed by atoms with Crippen molar-refractivity contribution in [3.8, 4) is 0 Å². The molecule has 0 aromatic rings. The highest BCUT2D eigenvalue weighted by atomic mass is 16.5. The van der Waals surface area contributed by atoms with E-state index in [9.17, 15) is 19.8 Å². The molecule has 2 atom stereocenters. The number of ether oxygens (including phenoxy) is 1. The molecule has 0 heterocycles. The van der Waals surface area contributed by atoms with Crippen LogP contribution in [-0.2, 0) is 14.3 Å². The Morgan fingerprint density at radius 1 is 0.380 bits per heavy atom. The molecular formula is C65H127NO5. The number of rotatable bonds is 61. The van der Waals surface area contributed by atoms with Gasteiger partial charge in [-0.3, -0.25) is 9.59 Å². The molecule has 6 heteroatoms. The molecule has 422 valence electrons. The van der Waals surface area contributed by atoms with Crippen LogP contribution in [0.3, 0.4) is 0 Å². The van der Waals surface area contributed by atoms with E-state index >= 15 is 0 Å². The maximum atomic E-state index is 12.4. The SMILES string of the molecule is CCCCCCCC/C=C\CCCCCCCCCC(=O)OCCCCCCCCCCCCCCCCCCCCCCCCCCCCCC(=O)NC(CO)C(O)CCCCCCCCCCCC. The molecule has 3 N–H and O–H groups in total. The van der Waals surface area contributed by atoms with Gasteiger partial charge in [-0.15, -0.1) is 0 Å². The van der Waals surface area contributed by atoms with E-state index in [1.807, 2.05) is 0 Å². The largest absolute Gasteiger partial charge is 0.466 e. The van der Waals surface area contributed by atoms with E-state index in [0.29, 0.717) is 25.9 Å². The summed E-state index contributed by atoms with van der Waals surface area (Å²) < 4.78 is 5.50. The Hall–Kier alpha value is -1.40. The van der Waals surface area contributed by atoms with Gasteiger partial charge in [0.1, 0.15) is 0 Å². The first-order valence-corrected chi connectivity index (χ1v) is 32.4. The molecule has 0 aliphatic carbocycles. The van der Waals surface area contributed by atoms with Gasteiger partial charge in [0.05, 0.1) is 25.4 Å². The highest BCUT2D eigenvalue weighted by Crippen LogP contribution is 2.18. The second-order valence-electron chi connectivity index (χ2n) is 22.5. The zero-order chi connectivity index (χ0) is 51.4. The van der Waals surface area contributed by atoms with Gasteiger partial charge < -0.3 is 20.3 Å². The van der Waals surface area contributed by atoms with E-state index in [1.54, 1.807) is 0 Å². The van der Waals surface area contributed by atoms with Crippen molar-refractivity contribution < 1.29 is 24.5 Å². The fourth-order valence-electron chi connectivity index (χ4n) is 10.3. The third-order valence-corrected chi connectivity index (χ3v) is 15.3. The molecule has 0 radical (unpaired) electrons. The van der Waals surface area contributed by atoms with Gasteiger partial charge in [0.15, 0.2) is 0 Å². The van der Waals surface area contributed by atoms with Crippen LogP contribution in [0.25, 0.3) is 0 Å². The van der Waals surface area contributed by atoms with E-state index < -0.39 is 12.1 Å². The van der Waals surface area contributed by atoms with Crippen LogP contribution in [-0.4, -0.2) is 47.4 Å². The summed E-state index contributed by atoms with van der Waals surface area (Å²) >= 11 is 0. The van der Waals surface area contributed by atoms with Gasteiger partial charge in [-0.2, -0.15) is 0 Å². The molecule has 71 heavy (non-hydrogen) atoms. The highest BCUT2D eigenvalue weighted by Gasteiger charge is 2.20. The lowest BCUT2D eigenvalue weighted by atomic mass is 10.0. The molecule has 0 fully saturated rings. The topological polar surface area (TPSA) is 95.9 Å². The van der Waals surface area contributed by atoms with Crippen LogP contribution < -0.4 is 5.32 Å². The predicted molar refractivity (Wildman–Crippen MR) is 310 cm³/mol. The number of esters is 1. The second-order valence-corrected chi connectivity index (χ2v) is 22.5. The summed E-state index contributed by atoms with van der Waals surface area (Å²) in [5, 5.41) is 23.2. The van der Waals surface area contributed by atoms with E-state index in [4.69, 9.17) is 4.74 Å². The smallest absolute Gasteiger partial charge is 0.305 e. The quantitative estimate of drug-likeness (QED) is 0.0320. The van der Waals surface area contributed by atoms with E-state index in [-0.39, 0.29) is 18.5 Å². The van der Waals surface area contributed by atoms with Crippen molar-refractivity contribution >= 4 is 11.9 Å². The van der Waals surface area contributed by atoms with Crippen molar-refractivity contribution in [2.75, 3.05) is 13.2 Å². The van der Waals surface area contributed by atoms with Crippen LogP contribution in [0.1, 0.15) is 367 Å². The zero-order valence-electron chi connectivity index (χ0n) is 48.2. The second kappa shape index (κ2) is 61.1. The summed E-state index contributed by atoms with van der Waals surface area (Å²) in [6.07, 6.45) is 73.9. The van der Waals surface area contributed by atoms with Gasteiger partial charge in [-0.1, -0.05) is 315 Å². The third kappa shape index (κ3) is 57.7. The van der Waals surface area contributed by atoms with E-state index in [0.717, 1.165) is 44.9 Å². The molecule has 0 spiro atoms.